The molecular weight excluding hydrogens is 300 g/mol. The van der Waals surface area contributed by atoms with Crippen LogP contribution in [0.3, 0.4) is 0 Å². The molecule has 0 aliphatic carbocycles. The molecule has 9 nitrogen and oxygen atoms in total. The fourth-order valence-corrected chi connectivity index (χ4v) is 2.11. The van der Waals surface area contributed by atoms with E-state index in [1.807, 2.05) is 0 Å². The van der Waals surface area contributed by atoms with Crippen LogP contribution in [0, 0.1) is 0 Å². The maximum Gasteiger partial charge on any atom is 0.405 e. The van der Waals surface area contributed by atoms with Crippen LogP contribution in [0.4, 0.5) is 4.79 Å². The lowest BCUT2D eigenvalue weighted by Gasteiger charge is -2.04. The monoisotopic (exact) mass is 312 g/mol. The van der Waals surface area contributed by atoms with E-state index in [1.165, 1.54) is 25.1 Å². The molecule has 10 heteroatoms. The summed E-state index contributed by atoms with van der Waals surface area (Å²) in [5.74, 6) is 0.167. The molecule has 4 N–H and O–H groups in total. The number of ether oxygens (including phenoxy) is 1. The number of aromatic nitrogens is 2. The molecular formula is C11H12N4O5S. The average molecular weight is 312 g/mol. The topological polar surface area (TPSA) is 151 Å². The number of primary amides is 1. The van der Waals surface area contributed by atoms with Gasteiger partial charge in [-0.2, -0.15) is 4.98 Å². The summed E-state index contributed by atoms with van der Waals surface area (Å²) < 4.78 is 32.2. The van der Waals surface area contributed by atoms with Crippen LogP contribution in [0.1, 0.15) is 18.9 Å². The second kappa shape index (κ2) is 5.50. The second-order valence-corrected chi connectivity index (χ2v) is 5.67. The van der Waals surface area contributed by atoms with E-state index in [-0.39, 0.29) is 16.6 Å². The van der Waals surface area contributed by atoms with Crippen LogP contribution in [-0.2, 0) is 14.8 Å². The molecule has 1 amide bonds. The van der Waals surface area contributed by atoms with Crippen LogP contribution in [0.25, 0.3) is 11.4 Å². The van der Waals surface area contributed by atoms with Crippen molar-refractivity contribution in [1.82, 2.24) is 10.1 Å². The number of nitrogens with zero attached hydrogens (tertiary/aromatic N) is 2. The number of rotatable bonds is 4. The molecule has 2 rings (SSSR count). The largest absolute Gasteiger partial charge is 0.437 e. The molecule has 0 radical (unpaired) electrons. The highest BCUT2D eigenvalue weighted by Crippen LogP contribution is 2.22. The van der Waals surface area contributed by atoms with E-state index in [0.717, 1.165) is 0 Å². The van der Waals surface area contributed by atoms with E-state index < -0.39 is 22.2 Å². The zero-order valence-corrected chi connectivity index (χ0v) is 11.7. The molecule has 0 aliphatic rings. The number of nitrogens with two attached hydrogens (primary N) is 2. The highest BCUT2D eigenvalue weighted by atomic mass is 32.2. The number of hydrogen-bond acceptors (Lipinski definition) is 7. The summed E-state index contributed by atoms with van der Waals surface area (Å²) in [7, 11) is -3.83. The molecule has 1 heterocycles. The first-order valence-electron chi connectivity index (χ1n) is 5.70. The van der Waals surface area contributed by atoms with Gasteiger partial charge >= 0.3 is 6.09 Å². The van der Waals surface area contributed by atoms with Gasteiger partial charge in [0.2, 0.25) is 15.8 Å². The van der Waals surface area contributed by atoms with Gasteiger partial charge in [-0.15, -0.1) is 0 Å². The third-order valence-electron chi connectivity index (χ3n) is 2.50. The van der Waals surface area contributed by atoms with Crippen LogP contribution in [0.15, 0.2) is 33.7 Å². The third kappa shape index (κ3) is 3.55. The average Bonchev–Trinajstić information content (AvgIpc) is 2.86. The Labute approximate surface area is 119 Å². The van der Waals surface area contributed by atoms with Gasteiger partial charge in [-0.1, -0.05) is 17.3 Å². The molecule has 0 bridgehead atoms. The maximum absolute atomic E-state index is 11.3. The lowest BCUT2D eigenvalue weighted by Crippen LogP contribution is -2.15. The van der Waals surface area contributed by atoms with Crippen molar-refractivity contribution in [2.45, 2.75) is 17.9 Å². The molecule has 1 aromatic carbocycles. The summed E-state index contributed by atoms with van der Waals surface area (Å²) in [6, 6.07) is 5.74. The van der Waals surface area contributed by atoms with Crippen LogP contribution in [0.2, 0.25) is 0 Å². The van der Waals surface area contributed by atoms with E-state index in [2.05, 4.69) is 10.1 Å². The molecule has 1 atom stereocenters. The number of hydrogen-bond donors (Lipinski definition) is 2. The first kappa shape index (κ1) is 14.9. The predicted molar refractivity (Wildman–Crippen MR) is 70.2 cm³/mol. The number of amides is 1. The molecule has 1 aromatic heterocycles. The molecule has 0 aliphatic heterocycles. The van der Waals surface area contributed by atoms with Crippen molar-refractivity contribution in [3.8, 4) is 11.4 Å². The summed E-state index contributed by atoms with van der Waals surface area (Å²) in [5, 5.41) is 8.73. The first-order valence-corrected chi connectivity index (χ1v) is 7.25. The van der Waals surface area contributed by atoms with Gasteiger partial charge in [-0.25, -0.2) is 18.4 Å². The second-order valence-electron chi connectivity index (χ2n) is 4.11. The fraction of sp³-hybridized carbons (Fsp3) is 0.182. The summed E-state index contributed by atoms with van der Waals surface area (Å²) in [5.41, 5.74) is 5.28. The molecule has 0 saturated heterocycles. The summed E-state index contributed by atoms with van der Waals surface area (Å²) >= 11 is 0. The minimum Gasteiger partial charge on any atom is -0.437 e. The van der Waals surface area contributed by atoms with Crippen molar-refractivity contribution >= 4 is 16.1 Å². The Kier molecular flexibility index (Phi) is 3.91. The highest BCUT2D eigenvalue weighted by molar-refractivity contribution is 7.89. The van der Waals surface area contributed by atoms with Crippen LogP contribution in [0.5, 0.6) is 0 Å². The standard InChI is InChI=1S/C11H12N4O5S/c1-6(19-11(12)16)10-14-9(15-20-10)7-3-2-4-8(5-7)21(13,17)18/h2-6H,1H3,(H2,12,16)(H2,13,17,18). The molecule has 112 valence electrons. The molecule has 0 spiro atoms. The number of primary sulfonamides is 1. The lowest BCUT2D eigenvalue weighted by molar-refractivity contribution is 0.0959. The number of carbonyl (C=O) groups excluding carboxylic acids is 1. The van der Waals surface area contributed by atoms with E-state index in [9.17, 15) is 13.2 Å². The van der Waals surface area contributed by atoms with Crippen molar-refractivity contribution < 1.29 is 22.5 Å². The Morgan fingerprint density at radius 3 is 2.76 bits per heavy atom. The van der Waals surface area contributed by atoms with Crippen molar-refractivity contribution in [3.63, 3.8) is 0 Å². The van der Waals surface area contributed by atoms with Crippen molar-refractivity contribution in [3.05, 3.63) is 30.2 Å². The molecule has 0 fully saturated rings. The van der Waals surface area contributed by atoms with Gasteiger partial charge in [0.15, 0.2) is 6.10 Å². The van der Waals surface area contributed by atoms with Crippen LogP contribution >= 0.6 is 0 Å². The van der Waals surface area contributed by atoms with Crippen LogP contribution < -0.4 is 10.9 Å². The lowest BCUT2D eigenvalue weighted by atomic mass is 10.2. The Bertz CT molecular complexity index is 770. The van der Waals surface area contributed by atoms with Crippen molar-refractivity contribution in [2.75, 3.05) is 0 Å². The summed E-state index contributed by atoms with van der Waals surface area (Å²) in [6.07, 6.45) is -1.79. The van der Waals surface area contributed by atoms with E-state index in [0.29, 0.717) is 5.56 Å². The summed E-state index contributed by atoms with van der Waals surface area (Å²) in [6.45, 7) is 1.50. The van der Waals surface area contributed by atoms with E-state index in [4.69, 9.17) is 20.1 Å². The van der Waals surface area contributed by atoms with Gasteiger partial charge in [-0.3, -0.25) is 0 Å². The quantitative estimate of drug-likeness (QED) is 0.835. The Morgan fingerprint density at radius 2 is 2.14 bits per heavy atom. The first-order chi connectivity index (χ1) is 9.77. The number of carbonyl (C=O) groups is 1. The zero-order chi connectivity index (χ0) is 15.6. The molecule has 1 unspecified atom stereocenters. The normalized spacial score (nSPS) is 12.9. The van der Waals surface area contributed by atoms with Gasteiger partial charge in [0.1, 0.15) is 0 Å². The maximum atomic E-state index is 11.3. The van der Waals surface area contributed by atoms with Gasteiger partial charge in [-0.05, 0) is 19.1 Å². The predicted octanol–water partition coefficient (Wildman–Crippen LogP) is 0.540. The zero-order valence-electron chi connectivity index (χ0n) is 10.9. The highest BCUT2D eigenvalue weighted by Gasteiger charge is 2.18. The number of benzene rings is 1. The van der Waals surface area contributed by atoms with Crippen molar-refractivity contribution in [2.24, 2.45) is 10.9 Å². The fourth-order valence-electron chi connectivity index (χ4n) is 1.55. The molecule has 2 aromatic rings. The van der Waals surface area contributed by atoms with Gasteiger partial charge < -0.3 is 15.0 Å². The Balaban J connectivity index is 2.32. The van der Waals surface area contributed by atoms with E-state index >= 15 is 0 Å². The SMILES string of the molecule is CC(OC(N)=O)c1nc(-c2cccc(S(N)(=O)=O)c2)no1. The minimum atomic E-state index is -3.83. The third-order valence-corrected chi connectivity index (χ3v) is 3.41. The van der Waals surface area contributed by atoms with E-state index in [1.54, 1.807) is 6.07 Å². The molecule has 21 heavy (non-hydrogen) atoms. The number of sulfonamides is 1. The smallest absolute Gasteiger partial charge is 0.405 e. The summed E-state index contributed by atoms with van der Waals surface area (Å²) in [4.78, 5) is 14.6. The van der Waals surface area contributed by atoms with Gasteiger partial charge in [0, 0.05) is 5.56 Å². The minimum absolute atomic E-state index is 0.0322. The molecule has 0 saturated carbocycles. The van der Waals surface area contributed by atoms with Crippen LogP contribution in [-0.4, -0.2) is 24.7 Å². The van der Waals surface area contributed by atoms with Gasteiger partial charge in [0.05, 0.1) is 4.90 Å². The van der Waals surface area contributed by atoms with Crippen molar-refractivity contribution in [1.29, 1.82) is 0 Å². The Morgan fingerprint density at radius 1 is 1.43 bits per heavy atom. The Hall–Kier alpha value is -2.46. The van der Waals surface area contributed by atoms with Gasteiger partial charge in [0.25, 0.3) is 5.89 Å².